The van der Waals surface area contributed by atoms with Gasteiger partial charge in [-0.2, -0.15) is 0 Å². The fourth-order valence-electron chi connectivity index (χ4n) is 2.48. The fraction of sp³-hybridized carbons (Fsp3) is 0.667. The Balaban J connectivity index is 0.00000200. The molecule has 0 saturated heterocycles. The van der Waals surface area contributed by atoms with Gasteiger partial charge in [-0.25, -0.2) is 4.99 Å². The third-order valence-electron chi connectivity index (χ3n) is 3.67. The maximum Gasteiger partial charge on any atom is 0.191 e. The first kappa shape index (κ1) is 17.3. The van der Waals surface area contributed by atoms with E-state index in [0.717, 1.165) is 24.2 Å². The molecule has 1 aliphatic carbocycles. The maximum absolute atomic E-state index is 5.30. The molecule has 1 saturated carbocycles. The van der Waals surface area contributed by atoms with Gasteiger partial charge in [-0.05, 0) is 50.7 Å². The van der Waals surface area contributed by atoms with Gasteiger partial charge in [0.1, 0.15) is 12.3 Å². The summed E-state index contributed by atoms with van der Waals surface area (Å²) in [6, 6.07) is 4.41. The normalized spacial score (nSPS) is 23.0. The lowest BCUT2D eigenvalue weighted by molar-refractivity contribution is 0.329. The zero-order valence-electron chi connectivity index (χ0n) is 12.4. The van der Waals surface area contributed by atoms with Gasteiger partial charge in [0.25, 0.3) is 0 Å². The molecule has 1 aliphatic rings. The van der Waals surface area contributed by atoms with E-state index in [4.69, 9.17) is 4.42 Å². The standard InChI is InChI=1S/C15H25N3O.HI/c1-3-16-15(17-11-14-5-4-10-19-14)18-13-8-6-12(2)7-9-13;/h4-5,10,12-13H,3,6-9,11H2,1-2H3,(H2,16,17,18);1H. The first-order valence-electron chi connectivity index (χ1n) is 7.35. The van der Waals surface area contributed by atoms with Gasteiger partial charge in [0.2, 0.25) is 0 Å². The summed E-state index contributed by atoms with van der Waals surface area (Å²) in [6.45, 7) is 5.90. The number of hydrogen-bond acceptors (Lipinski definition) is 2. The maximum atomic E-state index is 5.30. The van der Waals surface area contributed by atoms with Crippen LogP contribution in [0.4, 0.5) is 0 Å². The van der Waals surface area contributed by atoms with Crippen LogP contribution in [0, 0.1) is 5.92 Å². The monoisotopic (exact) mass is 391 g/mol. The van der Waals surface area contributed by atoms with Gasteiger partial charge in [-0.1, -0.05) is 6.92 Å². The Bertz CT molecular complexity index is 384. The fourth-order valence-corrected chi connectivity index (χ4v) is 2.48. The first-order chi connectivity index (χ1) is 9.28. The van der Waals surface area contributed by atoms with Crippen LogP contribution in [-0.4, -0.2) is 18.5 Å². The molecule has 0 unspecified atom stereocenters. The summed E-state index contributed by atoms with van der Waals surface area (Å²) in [5, 5.41) is 6.84. The van der Waals surface area contributed by atoms with Crippen molar-refractivity contribution in [2.24, 2.45) is 10.9 Å². The molecule has 1 fully saturated rings. The van der Waals surface area contributed by atoms with Crippen LogP contribution in [0.1, 0.15) is 45.3 Å². The van der Waals surface area contributed by atoms with Gasteiger partial charge in [0.15, 0.2) is 5.96 Å². The Morgan fingerprint density at radius 3 is 2.70 bits per heavy atom. The van der Waals surface area contributed by atoms with Gasteiger partial charge in [-0.3, -0.25) is 0 Å². The largest absolute Gasteiger partial charge is 0.467 e. The van der Waals surface area contributed by atoms with Crippen molar-refractivity contribution in [2.45, 2.75) is 52.1 Å². The zero-order valence-corrected chi connectivity index (χ0v) is 14.7. The predicted molar refractivity (Wildman–Crippen MR) is 93.5 cm³/mol. The number of aliphatic imine (C=N–C) groups is 1. The van der Waals surface area contributed by atoms with Gasteiger partial charge >= 0.3 is 0 Å². The van der Waals surface area contributed by atoms with E-state index < -0.39 is 0 Å². The lowest BCUT2D eigenvalue weighted by Gasteiger charge is -2.28. The third-order valence-corrected chi connectivity index (χ3v) is 3.67. The Morgan fingerprint density at radius 1 is 1.35 bits per heavy atom. The summed E-state index contributed by atoms with van der Waals surface area (Å²) in [5.74, 6) is 2.67. The van der Waals surface area contributed by atoms with E-state index in [0.29, 0.717) is 12.6 Å². The molecule has 1 aromatic rings. The van der Waals surface area contributed by atoms with Crippen molar-refractivity contribution in [3.8, 4) is 0 Å². The van der Waals surface area contributed by atoms with Crippen molar-refractivity contribution in [2.75, 3.05) is 6.54 Å². The lowest BCUT2D eigenvalue weighted by Crippen LogP contribution is -2.44. The second kappa shape index (κ2) is 9.26. The molecular formula is C15H26IN3O. The highest BCUT2D eigenvalue weighted by Gasteiger charge is 2.18. The van der Waals surface area contributed by atoms with E-state index >= 15 is 0 Å². The molecule has 1 heterocycles. The summed E-state index contributed by atoms with van der Waals surface area (Å²) in [6.07, 6.45) is 6.80. The van der Waals surface area contributed by atoms with E-state index in [1.807, 2.05) is 12.1 Å². The van der Waals surface area contributed by atoms with E-state index in [-0.39, 0.29) is 24.0 Å². The van der Waals surface area contributed by atoms with E-state index in [1.165, 1.54) is 25.7 Å². The zero-order chi connectivity index (χ0) is 13.5. The minimum absolute atomic E-state index is 0. The molecule has 0 spiro atoms. The molecule has 4 nitrogen and oxygen atoms in total. The molecule has 5 heteroatoms. The van der Waals surface area contributed by atoms with Crippen LogP contribution >= 0.6 is 24.0 Å². The van der Waals surface area contributed by atoms with Crippen LogP contribution in [-0.2, 0) is 6.54 Å². The molecule has 2 N–H and O–H groups in total. The molecule has 0 aromatic carbocycles. The molecule has 2 rings (SSSR count). The Labute approximate surface area is 138 Å². The summed E-state index contributed by atoms with van der Waals surface area (Å²) < 4.78 is 5.30. The Morgan fingerprint density at radius 2 is 2.10 bits per heavy atom. The van der Waals surface area contributed by atoms with Crippen molar-refractivity contribution < 1.29 is 4.42 Å². The van der Waals surface area contributed by atoms with Crippen LogP contribution in [0.3, 0.4) is 0 Å². The number of guanidine groups is 1. The summed E-state index contributed by atoms with van der Waals surface area (Å²) in [5.41, 5.74) is 0. The van der Waals surface area contributed by atoms with Crippen molar-refractivity contribution in [3.05, 3.63) is 24.2 Å². The van der Waals surface area contributed by atoms with Crippen LogP contribution in [0.5, 0.6) is 0 Å². The SMILES string of the molecule is CCNC(=NCc1ccco1)NC1CCC(C)CC1.I. The molecule has 0 amide bonds. The van der Waals surface area contributed by atoms with Crippen molar-refractivity contribution >= 4 is 29.9 Å². The molecule has 0 atom stereocenters. The summed E-state index contributed by atoms with van der Waals surface area (Å²) >= 11 is 0. The molecule has 114 valence electrons. The van der Waals surface area contributed by atoms with Gasteiger partial charge < -0.3 is 15.1 Å². The van der Waals surface area contributed by atoms with Crippen LogP contribution in [0.2, 0.25) is 0 Å². The number of nitrogens with zero attached hydrogens (tertiary/aromatic N) is 1. The van der Waals surface area contributed by atoms with Crippen LogP contribution in [0.25, 0.3) is 0 Å². The molecule has 20 heavy (non-hydrogen) atoms. The van der Waals surface area contributed by atoms with E-state index in [2.05, 4.69) is 29.5 Å². The van der Waals surface area contributed by atoms with Gasteiger partial charge in [-0.15, -0.1) is 24.0 Å². The number of halogens is 1. The van der Waals surface area contributed by atoms with Crippen LogP contribution < -0.4 is 10.6 Å². The molecular weight excluding hydrogens is 365 g/mol. The lowest BCUT2D eigenvalue weighted by atomic mass is 9.87. The Hall–Kier alpha value is -0.720. The highest BCUT2D eigenvalue weighted by Crippen LogP contribution is 2.23. The van der Waals surface area contributed by atoms with E-state index in [9.17, 15) is 0 Å². The molecule has 0 bridgehead atoms. The highest BCUT2D eigenvalue weighted by atomic mass is 127. The molecule has 0 radical (unpaired) electrons. The van der Waals surface area contributed by atoms with Crippen molar-refractivity contribution in [1.29, 1.82) is 0 Å². The first-order valence-corrected chi connectivity index (χ1v) is 7.35. The second-order valence-electron chi connectivity index (χ2n) is 5.38. The average molecular weight is 391 g/mol. The Kier molecular flexibility index (Phi) is 8.02. The minimum Gasteiger partial charge on any atom is -0.467 e. The molecule has 0 aliphatic heterocycles. The predicted octanol–water partition coefficient (Wildman–Crippen LogP) is 3.53. The van der Waals surface area contributed by atoms with Crippen LogP contribution in [0.15, 0.2) is 27.8 Å². The third kappa shape index (κ3) is 5.73. The average Bonchev–Trinajstić information content (AvgIpc) is 2.92. The summed E-state index contributed by atoms with van der Waals surface area (Å²) in [4.78, 5) is 4.57. The molecule has 1 aromatic heterocycles. The van der Waals surface area contributed by atoms with Gasteiger partial charge in [0, 0.05) is 12.6 Å². The van der Waals surface area contributed by atoms with E-state index in [1.54, 1.807) is 6.26 Å². The topological polar surface area (TPSA) is 49.6 Å². The number of nitrogens with one attached hydrogen (secondary N) is 2. The summed E-state index contributed by atoms with van der Waals surface area (Å²) in [7, 11) is 0. The van der Waals surface area contributed by atoms with Crippen molar-refractivity contribution in [1.82, 2.24) is 10.6 Å². The van der Waals surface area contributed by atoms with Gasteiger partial charge in [0.05, 0.1) is 6.26 Å². The second-order valence-corrected chi connectivity index (χ2v) is 5.38. The number of hydrogen-bond donors (Lipinski definition) is 2. The minimum atomic E-state index is 0. The van der Waals surface area contributed by atoms with Crippen molar-refractivity contribution in [3.63, 3.8) is 0 Å². The number of furan rings is 1. The quantitative estimate of drug-likeness (QED) is 0.469. The smallest absolute Gasteiger partial charge is 0.191 e. The highest BCUT2D eigenvalue weighted by molar-refractivity contribution is 14.0. The number of rotatable bonds is 4.